The number of aromatic nitrogens is 5. The van der Waals surface area contributed by atoms with Crippen LogP contribution in [-0.4, -0.2) is 62.6 Å². The lowest BCUT2D eigenvalue weighted by Gasteiger charge is -2.44. The van der Waals surface area contributed by atoms with Crippen LogP contribution in [0, 0.1) is 0 Å². The topological polar surface area (TPSA) is 95.1 Å². The summed E-state index contributed by atoms with van der Waals surface area (Å²) in [6.45, 7) is 3.56. The molecular formula is C16H20N8O. The molecule has 0 aliphatic carbocycles. The van der Waals surface area contributed by atoms with Crippen LogP contribution in [0.1, 0.15) is 6.92 Å². The number of hydrogen-bond donors (Lipinski definition) is 2. The Morgan fingerprint density at radius 2 is 2.08 bits per heavy atom. The zero-order valence-corrected chi connectivity index (χ0v) is 14.1. The summed E-state index contributed by atoms with van der Waals surface area (Å²) in [6, 6.07) is 6.29. The zero-order chi connectivity index (χ0) is 17.2. The maximum Gasteiger partial charge on any atom is 0.230 e. The van der Waals surface area contributed by atoms with Crippen molar-refractivity contribution in [1.29, 1.82) is 0 Å². The minimum atomic E-state index is -0.0496. The second-order valence-electron chi connectivity index (χ2n) is 6.06. The third-order valence-electron chi connectivity index (χ3n) is 4.40. The molecular weight excluding hydrogens is 320 g/mol. The van der Waals surface area contributed by atoms with Crippen LogP contribution in [0.3, 0.4) is 0 Å². The maximum atomic E-state index is 5.47. The average molecular weight is 340 g/mol. The van der Waals surface area contributed by atoms with E-state index in [0.717, 1.165) is 23.1 Å². The molecule has 2 unspecified atom stereocenters. The second kappa shape index (κ2) is 6.61. The molecule has 4 rings (SSSR count). The van der Waals surface area contributed by atoms with Gasteiger partial charge in [-0.2, -0.15) is 10.2 Å². The van der Waals surface area contributed by atoms with E-state index >= 15 is 0 Å². The fourth-order valence-electron chi connectivity index (χ4n) is 3.23. The van der Waals surface area contributed by atoms with Gasteiger partial charge in [-0.15, -0.1) is 0 Å². The SMILES string of the molecule is CON1CC(C)N(c2ncncn2)C(Nc2ccc3cn[nH]c3c2)C1. The Balaban J connectivity index is 1.64. The van der Waals surface area contributed by atoms with E-state index in [9.17, 15) is 0 Å². The molecule has 0 bridgehead atoms. The Morgan fingerprint density at radius 1 is 1.24 bits per heavy atom. The highest BCUT2D eigenvalue weighted by Gasteiger charge is 2.34. The molecule has 0 amide bonds. The van der Waals surface area contributed by atoms with Gasteiger partial charge < -0.3 is 15.1 Å². The second-order valence-corrected chi connectivity index (χ2v) is 6.06. The van der Waals surface area contributed by atoms with Crippen LogP contribution in [-0.2, 0) is 4.84 Å². The van der Waals surface area contributed by atoms with E-state index in [1.807, 2.05) is 29.5 Å². The van der Waals surface area contributed by atoms with Crippen LogP contribution >= 0.6 is 0 Å². The third kappa shape index (κ3) is 3.11. The molecule has 9 heteroatoms. The Hall–Kier alpha value is -2.78. The summed E-state index contributed by atoms with van der Waals surface area (Å²) in [5, 5.41) is 13.6. The van der Waals surface area contributed by atoms with Gasteiger partial charge >= 0.3 is 0 Å². The van der Waals surface area contributed by atoms with Crippen molar-refractivity contribution in [3.63, 3.8) is 0 Å². The number of H-pyrrole nitrogens is 1. The number of piperazine rings is 1. The van der Waals surface area contributed by atoms with E-state index in [1.165, 1.54) is 12.7 Å². The van der Waals surface area contributed by atoms with E-state index in [1.54, 1.807) is 7.11 Å². The molecule has 1 aromatic carbocycles. The van der Waals surface area contributed by atoms with Crippen LogP contribution in [0.2, 0.25) is 0 Å². The predicted molar refractivity (Wildman–Crippen MR) is 93.9 cm³/mol. The number of benzene rings is 1. The van der Waals surface area contributed by atoms with Gasteiger partial charge in [0, 0.05) is 23.7 Å². The minimum absolute atomic E-state index is 0.0496. The molecule has 2 atom stereocenters. The molecule has 3 aromatic rings. The van der Waals surface area contributed by atoms with Gasteiger partial charge in [-0.25, -0.2) is 15.0 Å². The van der Waals surface area contributed by atoms with Crippen molar-refractivity contribution in [2.45, 2.75) is 19.1 Å². The van der Waals surface area contributed by atoms with Crippen molar-refractivity contribution in [2.75, 3.05) is 30.4 Å². The molecule has 1 aliphatic heterocycles. The lowest BCUT2D eigenvalue weighted by molar-refractivity contribution is -0.145. The van der Waals surface area contributed by atoms with Crippen LogP contribution in [0.25, 0.3) is 10.9 Å². The van der Waals surface area contributed by atoms with E-state index < -0.39 is 0 Å². The van der Waals surface area contributed by atoms with Gasteiger partial charge in [0.15, 0.2) is 0 Å². The first-order chi connectivity index (χ1) is 12.2. The Labute approximate surface area is 145 Å². The van der Waals surface area contributed by atoms with E-state index in [4.69, 9.17) is 4.84 Å². The fourth-order valence-corrected chi connectivity index (χ4v) is 3.23. The van der Waals surface area contributed by atoms with Gasteiger partial charge in [0.2, 0.25) is 5.95 Å². The van der Waals surface area contributed by atoms with Gasteiger partial charge in [0.05, 0.1) is 25.4 Å². The predicted octanol–water partition coefficient (Wildman–Crippen LogP) is 1.26. The highest BCUT2D eigenvalue weighted by Crippen LogP contribution is 2.24. The van der Waals surface area contributed by atoms with Crippen LogP contribution in [0.4, 0.5) is 11.6 Å². The summed E-state index contributed by atoms with van der Waals surface area (Å²) in [5.74, 6) is 0.651. The highest BCUT2D eigenvalue weighted by molar-refractivity contribution is 5.81. The lowest BCUT2D eigenvalue weighted by atomic mass is 10.1. The Bertz CT molecular complexity index is 838. The van der Waals surface area contributed by atoms with Gasteiger partial charge in [-0.3, -0.25) is 5.10 Å². The van der Waals surface area contributed by atoms with Crippen molar-refractivity contribution in [3.8, 4) is 0 Å². The summed E-state index contributed by atoms with van der Waals surface area (Å²) in [5.41, 5.74) is 1.98. The molecule has 2 aromatic heterocycles. The summed E-state index contributed by atoms with van der Waals surface area (Å²) in [4.78, 5) is 20.2. The molecule has 0 saturated carbocycles. The molecule has 0 radical (unpaired) electrons. The number of aromatic amines is 1. The first-order valence-electron chi connectivity index (χ1n) is 8.13. The van der Waals surface area contributed by atoms with Crippen molar-refractivity contribution in [2.24, 2.45) is 0 Å². The number of hydroxylamine groups is 2. The number of fused-ring (bicyclic) bond motifs is 1. The van der Waals surface area contributed by atoms with Crippen LogP contribution < -0.4 is 10.2 Å². The largest absolute Gasteiger partial charge is 0.364 e. The smallest absolute Gasteiger partial charge is 0.230 e. The van der Waals surface area contributed by atoms with Crippen molar-refractivity contribution in [3.05, 3.63) is 37.1 Å². The summed E-state index contributed by atoms with van der Waals surface area (Å²) < 4.78 is 0. The van der Waals surface area contributed by atoms with Crippen LogP contribution in [0.5, 0.6) is 0 Å². The maximum absolute atomic E-state index is 5.47. The number of nitrogens with zero attached hydrogens (tertiary/aromatic N) is 6. The Morgan fingerprint density at radius 3 is 2.88 bits per heavy atom. The average Bonchev–Trinajstić information content (AvgIpc) is 3.10. The Kier molecular flexibility index (Phi) is 4.16. The molecule has 9 nitrogen and oxygen atoms in total. The fraction of sp³-hybridized carbons (Fsp3) is 0.375. The molecule has 2 N–H and O–H groups in total. The quantitative estimate of drug-likeness (QED) is 0.733. The van der Waals surface area contributed by atoms with Crippen molar-refractivity contribution in [1.82, 2.24) is 30.2 Å². The normalized spacial score (nSPS) is 21.6. The van der Waals surface area contributed by atoms with Gasteiger partial charge in [-0.1, -0.05) is 0 Å². The summed E-state index contributed by atoms with van der Waals surface area (Å²) >= 11 is 0. The first-order valence-corrected chi connectivity index (χ1v) is 8.13. The third-order valence-corrected chi connectivity index (χ3v) is 4.40. The molecule has 3 heterocycles. The van der Waals surface area contributed by atoms with E-state index in [2.05, 4.69) is 42.3 Å². The number of rotatable bonds is 4. The molecule has 1 saturated heterocycles. The van der Waals surface area contributed by atoms with E-state index in [-0.39, 0.29) is 12.2 Å². The lowest BCUT2D eigenvalue weighted by Crippen LogP contribution is -2.61. The van der Waals surface area contributed by atoms with Crippen LogP contribution in [0.15, 0.2) is 37.1 Å². The van der Waals surface area contributed by atoms with Crippen molar-refractivity contribution < 1.29 is 4.84 Å². The van der Waals surface area contributed by atoms with Gasteiger partial charge in [0.1, 0.15) is 18.8 Å². The highest BCUT2D eigenvalue weighted by atomic mass is 16.7. The van der Waals surface area contributed by atoms with E-state index in [0.29, 0.717) is 12.5 Å². The molecule has 0 spiro atoms. The zero-order valence-electron chi connectivity index (χ0n) is 14.1. The number of anilines is 2. The van der Waals surface area contributed by atoms with Gasteiger partial charge in [-0.05, 0) is 25.1 Å². The van der Waals surface area contributed by atoms with Gasteiger partial charge in [0.25, 0.3) is 0 Å². The number of hydrogen-bond acceptors (Lipinski definition) is 8. The monoisotopic (exact) mass is 340 g/mol. The van der Waals surface area contributed by atoms with Crippen molar-refractivity contribution >= 4 is 22.5 Å². The molecule has 1 fully saturated rings. The molecule has 25 heavy (non-hydrogen) atoms. The summed E-state index contributed by atoms with van der Waals surface area (Å²) in [7, 11) is 1.69. The standard InChI is InChI=1S/C16H20N8O/c1-11-7-23(25-2)8-15(24(11)16-18-9-17-10-19-16)21-13-4-3-12-6-20-22-14(12)5-13/h3-6,9-11,15,21H,7-8H2,1-2H3,(H,20,22). The molecule has 1 aliphatic rings. The number of nitrogens with one attached hydrogen (secondary N) is 2. The minimum Gasteiger partial charge on any atom is -0.364 e. The first kappa shape index (κ1) is 15.7. The molecule has 130 valence electrons. The summed E-state index contributed by atoms with van der Waals surface area (Å²) in [6.07, 6.45) is 4.80.